The third-order valence-electron chi connectivity index (χ3n) is 4.87. The molecule has 3 rings (SSSR count). The van der Waals surface area contributed by atoms with E-state index >= 15 is 0 Å². The lowest BCUT2D eigenvalue weighted by atomic mass is 10.2. The van der Waals surface area contributed by atoms with Crippen LogP contribution < -0.4 is 10.2 Å². The van der Waals surface area contributed by atoms with E-state index < -0.39 is 24.5 Å². The largest absolute Gasteiger partial charge is 0.468 e. The number of aryl methyl sites for hydroxylation is 1. The molecule has 2 heterocycles. The molecule has 0 aliphatic carbocycles. The Morgan fingerprint density at radius 3 is 2.41 bits per heavy atom. The topological polar surface area (TPSA) is 83.9 Å². The Bertz CT molecular complexity index is 1000. The fourth-order valence-electron chi connectivity index (χ4n) is 3.30. The number of carbonyl (C=O) groups is 3. The highest BCUT2D eigenvalue weighted by molar-refractivity contribution is 6.15. The Morgan fingerprint density at radius 2 is 1.83 bits per heavy atom. The van der Waals surface area contributed by atoms with E-state index in [0.29, 0.717) is 0 Å². The van der Waals surface area contributed by atoms with Crippen LogP contribution in [0.1, 0.15) is 17.0 Å². The van der Waals surface area contributed by atoms with Crippen LogP contribution in [0.15, 0.2) is 36.0 Å². The maximum atomic E-state index is 12.5. The highest BCUT2D eigenvalue weighted by Gasteiger charge is 2.35. The summed E-state index contributed by atoms with van der Waals surface area (Å²) in [6.45, 7) is 3.51. The van der Waals surface area contributed by atoms with Gasteiger partial charge in [-0.25, -0.2) is 9.69 Å². The van der Waals surface area contributed by atoms with E-state index in [1.54, 1.807) is 6.08 Å². The Morgan fingerprint density at radius 1 is 1.17 bits per heavy atom. The van der Waals surface area contributed by atoms with Crippen molar-refractivity contribution >= 4 is 29.7 Å². The first-order chi connectivity index (χ1) is 13.7. The molecule has 1 aromatic heterocycles. The van der Waals surface area contributed by atoms with Crippen LogP contribution in [0.3, 0.4) is 0 Å². The zero-order chi connectivity index (χ0) is 21.3. The monoisotopic (exact) mass is 396 g/mol. The summed E-state index contributed by atoms with van der Waals surface area (Å²) >= 11 is 0. The maximum Gasteiger partial charge on any atom is 0.329 e. The summed E-state index contributed by atoms with van der Waals surface area (Å²) in [5.41, 5.74) is 4.97. The molecule has 1 aromatic carbocycles. The van der Waals surface area contributed by atoms with Crippen LogP contribution in [0.5, 0.6) is 0 Å². The van der Waals surface area contributed by atoms with Crippen molar-refractivity contribution in [3.63, 3.8) is 0 Å². The number of imide groups is 1. The molecule has 0 bridgehead atoms. The second-order valence-corrected chi connectivity index (χ2v) is 7.03. The predicted octanol–water partition coefficient (Wildman–Crippen LogP) is 2.23. The van der Waals surface area contributed by atoms with Crippen molar-refractivity contribution in [3.8, 4) is 5.69 Å². The number of hydrogen-bond acceptors (Lipinski definition) is 5. The highest BCUT2D eigenvalue weighted by Crippen LogP contribution is 2.25. The number of amides is 3. The molecule has 1 fully saturated rings. The predicted molar refractivity (Wildman–Crippen MR) is 110 cm³/mol. The molecule has 0 unspecified atom stereocenters. The van der Waals surface area contributed by atoms with Crippen LogP contribution in [0, 0.1) is 13.8 Å². The molecular formula is C21H24N4O4. The van der Waals surface area contributed by atoms with Gasteiger partial charge in [0.2, 0.25) is 0 Å². The SMILES string of the molecule is COC(=O)CN1C(=O)NC(=Cc2cc(C)n(-c3ccc(N(C)C)cc3)c2C)C1=O. The van der Waals surface area contributed by atoms with Gasteiger partial charge in [-0.1, -0.05) is 0 Å². The van der Waals surface area contributed by atoms with E-state index in [1.165, 1.54) is 7.11 Å². The summed E-state index contributed by atoms with van der Waals surface area (Å²) < 4.78 is 6.62. The lowest BCUT2D eigenvalue weighted by molar-refractivity contribution is -0.143. The van der Waals surface area contributed by atoms with Gasteiger partial charge in [0.25, 0.3) is 5.91 Å². The van der Waals surface area contributed by atoms with Gasteiger partial charge in [-0.2, -0.15) is 0 Å². The Balaban J connectivity index is 1.91. The van der Waals surface area contributed by atoms with Crippen LogP contribution in [-0.2, 0) is 14.3 Å². The van der Waals surface area contributed by atoms with E-state index in [0.717, 1.165) is 33.2 Å². The molecule has 0 radical (unpaired) electrons. The van der Waals surface area contributed by atoms with Crippen molar-refractivity contribution in [2.24, 2.45) is 0 Å². The zero-order valence-corrected chi connectivity index (χ0v) is 17.1. The van der Waals surface area contributed by atoms with E-state index in [9.17, 15) is 14.4 Å². The first-order valence-corrected chi connectivity index (χ1v) is 9.11. The van der Waals surface area contributed by atoms with Gasteiger partial charge in [-0.05, 0) is 55.8 Å². The number of carbonyl (C=O) groups excluding carboxylic acids is 3. The van der Waals surface area contributed by atoms with Crippen molar-refractivity contribution in [3.05, 3.63) is 53.0 Å². The van der Waals surface area contributed by atoms with Crippen LogP contribution in [-0.4, -0.2) is 55.1 Å². The number of anilines is 1. The molecular weight excluding hydrogens is 372 g/mol. The average Bonchev–Trinajstić information content (AvgIpc) is 3.11. The molecule has 0 atom stereocenters. The van der Waals surface area contributed by atoms with Crippen molar-refractivity contribution in [1.82, 2.24) is 14.8 Å². The number of benzene rings is 1. The number of nitrogens with zero attached hydrogens (tertiary/aromatic N) is 3. The molecule has 3 amide bonds. The minimum absolute atomic E-state index is 0.127. The fourth-order valence-corrected chi connectivity index (χ4v) is 3.30. The van der Waals surface area contributed by atoms with Gasteiger partial charge >= 0.3 is 12.0 Å². The Kier molecular flexibility index (Phi) is 5.45. The van der Waals surface area contributed by atoms with Crippen LogP contribution >= 0.6 is 0 Å². The van der Waals surface area contributed by atoms with Crippen LogP contribution in [0.4, 0.5) is 10.5 Å². The summed E-state index contributed by atoms with van der Waals surface area (Å²) in [7, 11) is 5.18. The van der Waals surface area contributed by atoms with Gasteiger partial charge in [0.15, 0.2) is 0 Å². The third kappa shape index (κ3) is 3.87. The average molecular weight is 396 g/mol. The van der Waals surface area contributed by atoms with Gasteiger partial charge in [0, 0.05) is 36.9 Å². The molecule has 2 aromatic rings. The zero-order valence-electron chi connectivity index (χ0n) is 17.1. The lowest BCUT2D eigenvalue weighted by Gasteiger charge is -2.14. The molecule has 1 aliphatic rings. The fraction of sp³-hybridized carbons (Fsp3) is 0.286. The van der Waals surface area contributed by atoms with Crippen LogP contribution in [0.25, 0.3) is 11.8 Å². The van der Waals surface area contributed by atoms with E-state index in [-0.39, 0.29) is 5.70 Å². The van der Waals surface area contributed by atoms with E-state index in [2.05, 4.69) is 14.6 Å². The molecule has 0 spiro atoms. The number of esters is 1. The van der Waals surface area contributed by atoms with Crippen molar-refractivity contribution in [2.45, 2.75) is 13.8 Å². The Labute approximate surface area is 169 Å². The quantitative estimate of drug-likeness (QED) is 0.476. The first-order valence-electron chi connectivity index (χ1n) is 9.11. The summed E-state index contributed by atoms with van der Waals surface area (Å²) in [5, 5.41) is 2.52. The molecule has 152 valence electrons. The van der Waals surface area contributed by atoms with Gasteiger partial charge in [-0.3, -0.25) is 9.59 Å². The number of nitrogens with one attached hydrogen (secondary N) is 1. The molecule has 1 aliphatic heterocycles. The number of hydrogen-bond donors (Lipinski definition) is 1. The minimum atomic E-state index is -0.658. The summed E-state index contributed by atoms with van der Waals surface area (Å²) in [5.74, 6) is -1.21. The summed E-state index contributed by atoms with van der Waals surface area (Å²) in [6, 6.07) is 9.46. The number of aromatic nitrogens is 1. The van der Waals surface area contributed by atoms with Crippen LogP contribution in [0.2, 0.25) is 0 Å². The molecule has 8 heteroatoms. The highest BCUT2D eigenvalue weighted by atomic mass is 16.5. The third-order valence-corrected chi connectivity index (χ3v) is 4.87. The summed E-state index contributed by atoms with van der Waals surface area (Å²) in [4.78, 5) is 38.8. The second kappa shape index (κ2) is 7.83. The molecule has 1 N–H and O–H groups in total. The summed E-state index contributed by atoms with van der Waals surface area (Å²) in [6.07, 6.45) is 1.63. The van der Waals surface area contributed by atoms with Gasteiger partial charge < -0.3 is 19.5 Å². The van der Waals surface area contributed by atoms with Gasteiger partial charge in [-0.15, -0.1) is 0 Å². The number of rotatable bonds is 5. The van der Waals surface area contributed by atoms with Gasteiger partial charge in [0.05, 0.1) is 7.11 Å². The van der Waals surface area contributed by atoms with E-state index in [1.807, 2.05) is 63.2 Å². The normalized spacial score (nSPS) is 15.1. The molecule has 0 saturated carbocycles. The number of urea groups is 1. The van der Waals surface area contributed by atoms with Crippen molar-refractivity contribution in [2.75, 3.05) is 32.6 Å². The lowest BCUT2D eigenvalue weighted by Crippen LogP contribution is -2.36. The number of methoxy groups -OCH3 is 1. The first kappa shape index (κ1) is 20.2. The van der Waals surface area contributed by atoms with E-state index in [4.69, 9.17) is 0 Å². The molecule has 8 nitrogen and oxygen atoms in total. The molecule has 29 heavy (non-hydrogen) atoms. The maximum absolute atomic E-state index is 12.5. The Hall–Kier alpha value is -3.55. The minimum Gasteiger partial charge on any atom is -0.468 e. The molecule has 1 saturated heterocycles. The standard InChI is InChI=1S/C21H24N4O4/c1-13-10-15(11-18-20(27)24(21(28)22-18)12-19(26)29-5)14(2)25(13)17-8-6-16(7-9-17)23(3)4/h6-11H,12H2,1-5H3,(H,22,28). The van der Waals surface area contributed by atoms with Crippen molar-refractivity contribution in [1.29, 1.82) is 0 Å². The number of ether oxygens (including phenoxy) is 1. The van der Waals surface area contributed by atoms with Crippen molar-refractivity contribution < 1.29 is 19.1 Å². The van der Waals surface area contributed by atoms with Gasteiger partial charge in [0.1, 0.15) is 12.2 Å². The smallest absolute Gasteiger partial charge is 0.329 e. The second-order valence-electron chi connectivity index (χ2n) is 7.03.